The van der Waals surface area contributed by atoms with Gasteiger partial charge in [0.1, 0.15) is 0 Å². The van der Waals surface area contributed by atoms with Crippen molar-refractivity contribution in [2.24, 2.45) is 5.90 Å². The molecule has 0 amide bonds. The number of aliphatic hydroxyl groups excluding tert-OH is 1. The quantitative estimate of drug-likeness (QED) is 0.534. The van der Waals surface area contributed by atoms with Gasteiger partial charge < -0.3 is 5.11 Å². The lowest BCUT2D eigenvalue weighted by atomic mass is 10.2. The lowest BCUT2D eigenvalue weighted by molar-refractivity contribution is -0.445. The number of hydroxylamine groups is 2. The molecule has 0 aliphatic heterocycles. The van der Waals surface area contributed by atoms with E-state index >= 15 is 0 Å². The fourth-order valence-corrected chi connectivity index (χ4v) is 1.17. The van der Waals surface area contributed by atoms with Gasteiger partial charge in [-0.05, 0) is 12.5 Å². The molecule has 0 bridgehead atoms. The second kappa shape index (κ2) is 6.49. The Labute approximate surface area is 88.8 Å². The molecule has 0 aromatic heterocycles. The van der Waals surface area contributed by atoms with E-state index < -0.39 is 0 Å². The van der Waals surface area contributed by atoms with Crippen molar-refractivity contribution in [3.8, 4) is 0 Å². The number of nitrogens with two attached hydrogens (primary N) is 1. The van der Waals surface area contributed by atoms with E-state index in [2.05, 4.69) is 4.99 Å². The van der Waals surface area contributed by atoms with Gasteiger partial charge in [-0.25, -0.2) is 0 Å². The summed E-state index contributed by atoms with van der Waals surface area (Å²) >= 11 is 0. The zero-order valence-electron chi connectivity index (χ0n) is 8.67. The molecule has 0 radical (unpaired) electrons. The predicted octanol–water partition coefficient (Wildman–Crippen LogP) is 0.606. The van der Waals surface area contributed by atoms with Gasteiger partial charge >= 0.3 is 0 Å². The van der Waals surface area contributed by atoms with E-state index in [0.29, 0.717) is 6.54 Å². The Morgan fingerprint density at radius 1 is 1.40 bits per heavy atom. The molecule has 3 N–H and O–H groups in total. The van der Waals surface area contributed by atoms with Crippen LogP contribution in [0.25, 0.3) is 0 Å². The summed E-state index contributed by atoms with van der Waals surface area (Å²) in [6, 6.07) is 9.52. The molecule has 0 aliphatic carbocycles. The Balaban J connectivity index is 2.58. The molecule has 0 spiro atoms. The molecule has 0 aliphatic rings. The lowest BCUT2D eigenvalue weighted by Gasteiger charge is -2.23. The zero-order chi connectivity index (χ0) is 11.1. The van der Waals surface area contributed by atoms with Crippen LogP contribution in [0.1, 0.15) is 12.5 Å². The van der Waals surface area contributed by atoms with E-state index in [1.165, 1.54) is 5.06 Å². The van der Waals surface area contributed by atoms with Crippen LogP contribution >= 0.6 is 0 Å². The molecule has 1 aromatic carbocycles. The van der Waals surface area contributed by atoms with Gasteiger partial charge in [-0.1, -0.05) is 30.3 Å². The smallest absolute Gasteiger partial charge is 0.0608 e. The molecule has 0 fully saturated rings. The molecule has 1 rings (SSSR count). The van der Waals surface area contributed by atoms with Crippen LogP contribution in [-0.4, -0.2) is 22.8 Å². The van der Waals surface area contributed by atoms with Crippen molar-refractivity contribution in [2.45, 2.75) is 19.5 Å². The summed E-state index contributed by atoms with van der Waals surface area (Å²) in [4.78, 5) is 8.86. The van der Waals surface area contributed by atoms with Gasteiger partial charge in [0.2, 0.25) is 0 Å². The number of nitrogens with zero attached hydrogens (tertiary/aromatic N) is 1. The summed E-state index contributed by atoms with van der Waals surface area (Å²) in [6.07, 6.45) is 0. The van der Waals surface area contributed by atoms with E-state index in [4.69, 9.17) is 16.0 Å². The van der Waals surface area contributed by atoms with Crippen molar-refractivity contribution in [1.29, 1.82) is 0 Å². The third kappa shape index (κ3) is 3.94. The Morgan fingerprint density at radius 2 is 2.07 bits per heavy atom. The summed E-state index contributed by atoms with van der Waals surface area (Å²) in [7, 11) is 0. The summed E-state index contributed by atoms with van der Waals surface area (Å²) < 4.78 is 0. The molecule has 5 heteroatoms. The highest BCUT2D eigenvalue weighted by Crippen LogP contribution is 2.08. The van der Waals surface area contributed by atoms with Gasteiger partial charge in [-0.3, -0.25) is 0 Å². The molecule has 1 atom stereocenters. The highest BCUT2D eigenvalue weighted by molar-refractivity contribution is 5.14. The minimum atomic E-state index is -0.186. The first-order valence-electron chi connectivity index (χ1n) is 4.73. The first kappa shape index (κ1) is 12.1. The van der Waals surface area contributed by atoms with Crippen LogP contribution in [0.5, 0.6) is 0 Å². The van der Waals surface area contributed by atoms with E-state index in [0.717, 1.165) is 5.56 Å². The molecule has 1 unspecified atom stereocenters. The van der Waals surface area contributed by atoms with Crippen LogP contribution in [0.2, 0.25) is 0 Å². The third-order valence-electron chi connectivity index (χ3n) is 2.08. The maximum Gasteiger partial charge on any atom is 0.0608 e. The number of hydrogen-bond acceptors (Lipinski definition) is 5. The standard InChI is InChI=1S/C10H16N2O3/c1-9(8-13)12(15-14-11)7-10-5-3-2-4-6-10/h2-6,9,13H,7-8,11H2,1H3. The van der Waals surface area contributed by atoms with Crippen molar-refractivity contribution >= 4 is 0 Å². The summed E-state index contributed by atoms with van der Waals surface area (Å²) in [5, 5.41) is 10.5. The largest absolute Gasteiger partial charge is 0.395 e. The second-order valence-electron chi connectivity index (χ2n) is 3.26. The normalized spacial score (nSPS) is 13.1. The molecule has 0 saturated carbocycles. The molecule has 5 nitrogen and oxygen atoms in total. The topological polar surface area (TPSA) is 68.0 Å². The maximum atomic E-state index is 8.99. The van der Waals surface area contributed by atoms with Crippen LogP contribution in [0.4, 0.5) is 0 Å². The van der Waals surface area contributed by atoms with Gasteiger partial charge in [0.05, 0.1) is 19.2 Å². The average Bonchev–Trinajstić information content (AvgIpc) is 2.29. The lowest BCUT2D eigenvalue weighted by Crippen LogP contribution is -2.36. The van der Waals surface area contributed by atoms with Gasteiger partial charge in [0, 0.05) is 0 Å². The van der Waals surface area contributed by atoms with Crippen molar-refractivity contribution < 1.29 is 15.1 Å². The number of aliphatic hydroxyl groups is 1. The average molecular weight is 212 g/mol. The van der Waals surface area contributed by atoms with E-state index in [1.54, 1.807) is 0 Å². The molecule has 1 aromatic rings. The third-order valence-corrected chi connectivity index (χ3v) is 2.08. The van der Waals surface area contributed by atoms with Crippen LogP contribution in [0.3, 0.4) is 0 Å². The molecular formula is C10H16N2O3. The fourth-order valence-electron chi connectivity index (χ4n) is 1.17. The van der Waals surface area contributed by atoms with Crippen molar-refractivity contribution in [1.82, 2.24) is 5.06 Å². The monoisotopic (exact) mass is 212 g/mol. The molecule has 0 saturated heterocycles. The van der Waals surface area contributed by atoms with Crippen LogP contribution in [-0.2, 0) is 16.5 Å². The van der Waals surface area contributed by atoms with Crippen LogP contribution in [0, 0.1) is 0 Å². The molecule has 0 heterocycles. The first-order chi connectivity index (χ1) is 7.27. The Kier molecular flexibility index (Phi) is 5.23. The molecule has 84 valence electrons. The van der Waals surface area contributed by atoms with Crippen molar-refractivity contribution in [2.75, 3.05) is 6.61 Å². The molecule has 15 heavy (non-hydrogen) atoms. The van der Waals surface area contributed by atoms with E-state index in [-0.39, 0.29) is 12.6 Å². The Hall–Kier alpha value is -0.980. The summed E-state index contributed by atoms with van der Waals surface area (Å²) in [6.45, 7) is 2.28. The maximum absolute atomic E-state index is 8.99. The Bertz CT molecular complexity index is 269. The minimum Gasteiger partial charge on any atom is -0.395 e. The minimum absolute atomic E-state index is 0.0316. The van der Waals surface area contributed by atoms with Gasteiger partial charge in [0.15, 0.2) is 0 Å². The number of benzene rings is 1. The SMILES string of the molecule is CC(CO)N(Cc1ccccc1)OON. The fraction of sp³-hybridized carbons (Fsp3) is 0.400. The Morgan fingerprint density at radius 3 is 2.60 bits per heavy atom. The summed E-state index contributed by atoms with van der Waals surface area (Å²) in [5.41, 5.74) is 1.05. The summed E-state index contributed by atoms with van der Waals surface area (Å²) in [5.74, 6) is 4.83. The van der Waals surface area contributed by atoms with Gasteiger partial charge in [0.25, 0.3) is 0 Å². The van der Waals surface area contributed by atoms with Gasteiger partial charge in [-0.15, -0.1) is 15.0 Å². The van der Waals surface area contributed by atoms with Crippen molar-refractivity contribution in [3.05, 3.63) is 35.9 Å². The highest BCUT2D eigenvalue weighted by Gasteiger charge is 2.14. The number of rotatable bonds is 6. The molecular weight excluding hydrogens is 196 g/mol. The first-order valence-corrected chi connectivity index (χ1v) is 4.73. The van der Waals surface area contributed by atoms with Crippen LogP contribution in [0.15, 0.2) is 30.3 Å². The highest BCUT2D eigenvalue weighted by atomic mass is 17.3. The van der Waals surface area contributed by atoms with E-state index in [1.807, 2.05) is 37.3 Å². The second-order valence-corrected chi connectivity index (χ2v) is 3.26. The van der Waals surface area contributed by atoms with Crippen LogP contribution < -0.4 is 5.90 Å². The predicted molar refractivity (Wildman–Crippen MR) is 54.9 cm³/mol. The number of hydrogen-bond donors (Lipinski definition) is 2. The van der Waals surface area contributed by atoms with E-state index in [9.17, 15) is 0 Å². The zero-order valence-corrected chi connectivity index (χ0v) is 8.67. The van der Waals surface area contributed by atoms with Crippen molar-refractivity contribution in [3.63, 3.8) is 0 Å². The van der Waals surface area contributed by atoms with Gasteiger partial charge in [-0.2, -0.15) is 5.90 Å².